The van der Waals surface area contributed by atoms with Gasteiger partial charge in [0.25, 0.3) is 0 Å². The van der Waals surface area contributed by atoms with Crippen molar-refractivity contribution in [1.29, 1.82) is 0 Å². The van der Waals surface area contributed by atoms with E-state index in [0.717, 1.165) is 5.56 Å². The number of halogens is 1. The van der Waals surface area contributed by atoms with E-state index in [1.807, 2.05) is 19.9 Å². The Bertz CT molecular complexity index is 474. The van der Waals surface area contributed by atoms with Gasteiger partial charge in [-0.25, -0.2) is 12.8 Å². The zero-order chi connectivity index (χ0) is 13.6. The first-order chi connectivity index (χ1) is 8.44. The second kappa shape index (κ2) is 6.85. The van der Waals surface area contributed by atoms with Crippen molar-refractivity contribution in [2.24, 2.45) is 0 Å². The van der Waals surface area contributed by atoms with Gasteiger partial charge in [-0.3, -0.25) is 0 Å². The maximum atomic E-state index is 13.0. The molecular weight excluding hydrogens is 253 g/mol. The largest absolute Gasteiger partial charge is 0.309 e. The lowest BCUT2D eigenvalue weighted by atomic mass is 10.1. The van der Waals surface area contributed by atoms with Gasteiger partial charge in [0.2, 0.25) is 0 Å². The highest BCUT2D eigenvalue weighted by molar-refractivity contribution is 7.91. The summed E-state index contributed by atoms with van der Waals surface area (Å²) < 4.78 is 36.0. The molecule has 18 heavy (non-hydrogen) atoms. The molecule has 0 bridgehead atoms. The van der Waals surface area contributed by atoms with Crippen LogP contribution in [0.3, 0.4) is 0 Å². The van der Waals surface area contributed by atoms with E-state index in [1.54, 1.807) is 6.07 Å². The van der Waals surface area contributed by atoms with Crippen molar-refractivity contribution in [2.45, 2.75) is 26.3 Å². The zero-order valence-electron chi connectivity index (χ0n) is 10.8. The Morgan fingerprint density at radius 3 is 2.67 bits per heavy atom. The quantitative estimate of drug-likeness (QED) is 0.829. The number of nitrogens with one attached hydrogen (secondary N) is 1. The fourth-order valence-corrected chi connectivity index (χ4v) is 2.99. The molecule has 5 heteroatoms. The lowest BCUT2D eigenvalue weighted by Crippen LogP contribution is -2.26. The van der Waals surface area contributed by atoms with Crippen LogP contribution in [0.4, 0.5) is 4.39 Å². The molecule has 0 aromatic heterocycles. The van der Waals surface area contributed by atoms with Crippen molar-refractivity contribution in [1.82, 2.24) is 5.32 Å². The van der Waals surface area contributed by atoms with Gasteiger partial charge in [-0.05, 0) is 31.0 Å². The van der Waals surface area contributed by atoms with E-state index in [4.69, 9.17) is 0 Å². The Hall–Kier alpha value is -0.940. The Labute approximate surface area is 108 Å². The van der Waals surface area contributed by atoms with E-state index >= 15 is 0 Å². The molecule has 3 nitrogen and oxygen atoms in total. The first-order valence-corrected chi connectivity index (χ1v) is 7.96. The van der Waals surface area contributed by atoms with Gasteiger partial charge in [-0.15, -0.1) is 0 Å². The van der Waals surface area contributed by atoms with E-state index in [0.29, 0.717) is 13.0 Å². The first-order valence-electron chi connectivity index (χ1n) is 6.14. The molecular formula is C13H20FNO2S. The van der Waals surface area contributed by atoms with Gasteiger partial charge in [0.1, 0.15) is 5.82 Å². The summed E-state index contributed by atoms with van der Waals surface area (Å²) in [5.41, 5.74) is 0.822. The summed E-state index contributed by atoms with van der Waals surface area (Å²) in [4.78, 5) is 0. The molecule has 1 N–H and O–H groups in total. The third kappa shape index (κ3) is 5.14. The maximum absolute atomic E-state index is 13.0. The van der Waals surface area contributed by atoms with Crippen LogP contribution in [0.2, 0.25) is 0 Å². The minimum Gasteiger partial charge on any atom is -0.309 e. The van der Waals surface area contributed by atoms with Gasteiger partial charge >= 0.3 is 0 Å². The van der Waals surface area contributed by atoms with Crippen LogP contribution in [-0.2, 0) is 9.84 Å². The van der Waals surface area contributed by atoms with E-state index in [2.05, 4.69) is 5.32 Å². The van der Waals surface area contributed by atoms with Crippen molar-refractivity contribution < 1.29 is 12.8 Å². The molecule has 1 aromatic carbocycles. The number of hydrogen-bond acceptors (Lipinski definition) is 3. The van der Waals surface area contributed by atoms with E-state index in [1.165, 1.54) is 12.1 Å². The summed E-state index contributed by atoms with van der Waals surface area (Å²) in [6.07, 6.45) is 0.641. The summed E-state index contributed by atoms with van der Waals surface area (Å²) in [5, 5.41) is 3.09. The molecule has 0 aliphatic heterocycles. The van der Waals surface area contributed by atoms with Crippen LogP contribution in [-0.4, -0.2) is 26.5 Å². The average molecular weight is 273 g/mol. The van der Waals surface area contributed by atoms with Crippen molar-refractivity contribution in [3.05, 3.63) is 35.6 Å². The topological polar surface area (TPSA) is 46.2 Å². The van der Waals surface area contributed by atoms with E-state index < -0.39 is 9.84 Å². The summed E-state index contributed by atoms with van der Waals surface area (Å²) >= 11 is 0. The highest BCUT2D eigenvalue weighted by atomic mass is 32.2. The molecule has 102 valence electrons. The second-order valence-corrected chi connectivity index (χ2v) is 6.69. The standard InChI is InChI=1S/C13H20FNO2S/c1-3-8-18(16,17)9-7-15-11(2)12-5-4-6-13(14)10-12/h4-6,10-11,15H,3,7-9H2,1-2H3/t11-/m0/s1. The molecule has 1 aromatic rings. The van der Waals surface area contributed by atoms with Gasteiger partial charge in [0.05, 0.1) is 5.75 Å². The average Bonchev–Trinajstić information content (AvgIpc) is 2.28. The molecule has 0 amide bonds. The molecule has 0 saturated heterocycles. The van der Waals surface area contributed by atoms with Gasteiger partial charge < -0.3 is 5.32 Å². The predicted molar refractivity (Wildman–Crippen MR) is 71.8 cm³/mol. The SMILES string of the molecule is CCCS(=O)(=O)CCN[C@@H](C)c1cccc(F)c1. The lowest BCUT2D eigenvalue weighted by molar-refractivity contribution is 0.566. The summed E-state index contributed by atoms with van der Waals surface area (Å²) in [5.74, 6) is 0.0727. The van der Waals surface area contributed by atoms with Gasteiger partial charge in [-0.2, -0.15) is 0 Å². The molecule has 0 aliphatic carbocycles. The van der Waals surface area contributed by atoms with Crippen molar-refractivity contribution >= 4 is 9.84 Å². The summed E-state index contributed by atoms with van der Waals surface area (Å²) in [6, 6.07) is 6.26. The number of sulfone groups is 1. The highest BCUT2D eigenvalue weighted by Gasteiger charge is 2.10. The van der Waals surface area contributed by atoms with Gasteiger partial charge in [0, 0.05) is 18.3 Å². The maximum Gasteiger partial charge on any atom is 0.151 e. The lowest BCUT2D eigenvalue weighted by Gasteiger charge is -2.14. The highest BCUT2D eigenvalue weighted by Crippen LogP contribution is 2.13. The molecule has 0 aliphatic rings. The number of hydrogen-bond donors (Lipinski definition) is 1. The molecule has 0 radical (unpaired) electrons. The molecule has 0 spiro atoms. The fourth-order valence-electron chi connectivity index (χ4n) is 1.74. The van der Waals surface area contributed by atoms with Crippen LogP contribution in [0, 0.1) is 5.82 Å². The second-order valence-electron chi connectivity index (χ2n) is 4.38. The third-order valence-electron chi connectivity index (χ3n) is 2.73. The normalized spacial score (nSPS) is 13.5. The van der Waals surface area contributed by atoms with Crippen LogP contribution < -0.4 is 5.32 Å². The predicted octanol–water partition coefficient (Wildman–Crippen LogP) is 2.30. The smallest absolute Gasteiger partial charge is 0.151 e. The van der Waals surface area contributed by atoms with Crippen LogP contribution in [0.5, 0.6) is 0 Å². The van der Waals surface area contributed by atoms with Crippen molar-refractivity contribution in [3.63, 3.8) is 0 Å². The van der Waals surface area contributed by atoms with Crippen LogP contribution in [0.25, 0.3) is 0 Å². The number of rotatable bonds is 7. The summed E-state index contributed by atoms with van der Waals surface area (Å²) in [6.45, 7) is 4.13. The van der Waals surface area contributed by atoms with Crippen LogP contribution in [0.1, 0.15) is 31.9 Å². The summed E-state index contributed by atoms with van der Waals surface area (Å²) in [7, 11) is -2.95. The molecule has 0 heterocycles. The van der Waals surface area contributed by atoms with E-state index in [-0.39, 0.29) is 23.4 Å². The van der Waals surface area contributed by atoms with Crippen LogP contribution >= 0.6 is 0 Å². The Balaban J connectivity index is 2.45. The molecule has 1 atom stereocenters. The Morgan fingerprint density at radius 2 is 2.06 bits per heavy atom. The fraction of sp³-hybridized carbons (Fsp3) is 0.538. The molecule has 0 unspecified atom stereocenters. The molecule has 0 fully saturated rings. The zero-order valence-corrected chi connectivity index (χ0v) is 11.6. The van der Waals surface area contributed by atoms with Crippen LogP contribution in [0.15, 0.2) is 24.3 Å². The minimum absolute atomic E-state index is 0.0578. The molecule has 1 rings (SSSR count). The first kappa shape index (κ1) is 15.1. The van der Waals surface area contributed by atoms with E-state index in [9.17, 15) is 12.8 Å². The monoisotopic (exact) mass is 273 g/mol. The van der Waals surface area contributed by atoms with Crippen molar-refractivity contribution in [2.75, 3.05) is 18.1 Å². The Morgan fingerprint density at radius 1 is 1.33 bits per heavy atom. The Kier molecular flexibility index (Phi) is 5.75. The number of benzene rings is 1. The third-order valence-corrected chi connectivity index (χ3v) is 4.58. The van der Waals surface area contributed by atoms with Crippen molar-refractivity contribution in [3.8, 4) is 0 Å². The van der Waals surface area contributed by atoms with Gasteiger partial charge in [-0.1, -0.05) is 19.1 Å². The van der Waals surface area contributed by atoms with Gasteiger partial charge in [0.15, 0.2) is 9.84 Å². The minimum atomic E-state index is -2.95. The molecule has 0 saturated carbocycles.